The highest BCUT2D eigenvalue weighted by atomic mass is 16.5. The van der Waals surface area contributed by atoms with Gasteiger partial charge in [-0.15, -0.1) is 0 Å². The highest BCUT2D eigenvalue weighted by molar-refractivity contribution is 5.39. The topological polar surface area (TPSA) is 58.8 Å². The molecule has 2 heterocycles. The predicted molar refractivity (Wildman–Crippen MR) is 78.6 cm³/mol. The number of aliphatic hydroxyl groups is 1. The molecule has 2 rings (SSSR count). The zero-order valence-electron chi connectivity index (χ0n) is 12.1. The molecule has 2 aromatic heterocycles. The first-order valence-electron chi connectivity index (χ1n) is 7.04. The number of nitrogens with zero attached hydrogens (tertiary/aromatic N) is 2. The van der Waals surface area contributed by atoms with Crippen LogP contribution in [0.4, 0.5) is 0 Å². The van der Waals surface area contributed by atoms with Gasteiger partial charge in [-0.25, -0.2) is 4.98 Å². The van der Waals surface area contributed by atoms with Crippen molar-refractivity contribution in [3.63, 3.8) is 0 Å². The quantitative estimate of drug-likeness (QED) is 0.767. The number of nitrogens with one attached hydrogen (secondary N) is 1. The zero-order valence-corrected chi connectivity index (χ0v) is 12.1. The molecule has 1 atom stereocenters. The molecule has 0 saturated heterocycles. The van der Waals surface area contributed by atoms with Crippen LogP contribution >= 0.6 is 0 Å². The average molecular weight is 277 g/mol. The van der Waals surface area contributed by atoms with Gasteiger partial charge in [-0.2, -0.15) is 0 Å². The molecule has 5 nitrogen and oxygen atoms in total. The van der Waals surface area contributed by atoms with E-state index in [0.29, 0.717) is 32.2 Å². The molecule has 0 aromatic carbocycles. The lowest BCUT2D eigenvalue weighted by Gasteiger charge is -2.12. The van der Waals surface area contributed by atoms with Crippen LogP contribution in [-0.2, 0) is 11.3 Å². The standard InChI is InChI=1S/C15H23N3O2/c1-12(2)10-20-11-14(19)8-16-7-13-9-18-6-4-3-5-15(18)17-13/h3-6,9,12,14,16,19H,7-8,10-11H2,1-2H3. The van der Waals surface area contributed by atoms with Crippen molar-refractivity contribution >= 4 is 5.65 Å². The molecule has 0 radical (unpaired) electrons. The summed E-state index contributed by atoms with van der Waals surface area (Å²) in [6.07, 6.45) is 3.48. The van der Waals surface area contributed by atoms with Gasteiger partial charge in [0, 0.05) is 32.1 Å². The maximum Gasteiger partial charge on any atom is 0.137 e. The van der Waals surface area contributed by atoms with E-state index in [4.69, 9.17) is 4.74 Å². The van der Waals surface area contributed by atoms with E-state index >= 15 is 0 Å². The van der Waals surface area contributed by atoms with Gasteiger partial charge in [-0.3, -0.25) is 0 Å². The molecule has 0 fully saturated rings. The minimum atomic E-state index is -0.481. The van der Waals surface area contributed by atoms with Crippen molar-refractivity contribution < 1.29 is 9.84 Å². The third kappa shape index (κ3) is 4.59. The molecule has 0 aliphatic heterocycles. The van der Waals surface area contributed by atoms with Crippen molar-refractivity contribution in [3.8, 4) is 0 Å². The minimum Gasteiger partial charge on any atom is -0.389 e. The summed E-state index contributed by atoms with van der Waals surface area (Å²) in [6.45, 7) is 6.39. The second-order valence-electron chi connectivity index (χ2n) is 5.41. The van der Waals surface area contributed by atoms with Crippen molar-refractivity contribution in [3.05, 3.63) is 36.3 Å². The van der Waals surface area contributed by atoms with E-state index in [0.717, 1.165) is 11.3 Å². The van der Waals surface area contributed by atoms with Crippen LogP contribution in [0.5, 0.6) is 0 Å². The Kier molecular flexibility index (Phi) is 5.52. The van der Waals surface area contributed by atoms with Gasteiger partial charge >= 0.3 is 0 Å². The van der Waals surface area contributed by atoms with E-state index in [1.165, 1.54) is 0 Å². The van der Waals surface area contributed by atoms with E-state index in [1.54, 1.807) is 0 Å². The molecule has 0 saturated carbocycles. The number of rotatable bonds is 8. The summed E-state index contributed by atoms with van der Waals surface area (Å²) in [5, 5.41) is 13.0. The Morgan fingerprint density at radius 1 is 1.35 bits per heavy atom. The van der Waals surface area contributed by atoms with E-state index in [2.05, 4.69) is 24.1 Å². The Hall–Kier alpha value is -1.43. The number of hydrogen-bond acceptors (Lipinski definition) is 4. The van der Waals surface area contributed by atoms with Gasteiger partial charge in [0.25, 0.3) is 0 Å². The fourth-order valence-electron chi connectivity index (χ4n) is 1.94. The minimum absolute atomic E-state index is 0.371. The van der Waals surface area contributed by atoms with Crippen molar-refractivity contribution in [2.75, 3.05) is 19.8 Å². The molecular weight excluding hydrogens is 254 g/mol. The summed E-state index contributed by atoms with van der Waals surface area (Å²) in [7, 11) is 0. The van der Waals surface area contributed by atoms with Gasteiger partial charge in [0.05, 0.1) is 18.4 Å². The Morgan fingerprint density at radius 3 is 2.95 bits per heavy atom. The highest BCUT2D eigenvalue weighted by Crippen LogP contribution is 2.04. The number of aliphatic hydroxyl groups excluding tert-OH is 1. The molecule has 0 amide bonds. The predicted octanol–water partition coefficient (Wildman–Crippen LogP) is 1.46. The molecule has 110 valence electrons. The third-order valence-corrected chi connectivity index (χ3v) is 2.86. The first-order valence-corrected chi connectivity index (χ1v) is 7.04. The maximum absolute atomic E-state index is 9.77. The summed E-state index contributed by atoms with van der Waals surface area (Å²) in [5.74, 6) is 0.494. The second-order valence-corrected chi connectivity index (χ2v) is 5.41. The summed E-state index contributed by atoms with van der Waals surface area (Å²) >= 11 is 0. The van der Waals surface area contributed by atoms with Crippen LogP contribution in [0.1, 0.15) is 19.5 Å². The smallest absolute Gasteiger partial charge is 0.137 e. The third-order valence-electron chi connectivity index (χ3n) is 2.86. The summed E-state index contributed by atoms with van der Waals surface area (Å²) in [4.78, 5) is 4.48. The van der Waals surface area contributed by atoms with Crippen LogP contribution in [0.25, 0.3) is 5.65 Å². The molecule has 1 unspecified atom stereocenters. The lowest BCUT2D eigenvalue weighted by Crippen LogP contribution is -2.30. The molecule has 2 aromatic rings. The molecular formula is C15H23N3O2. The van der Waals surface area contributed by atoms with E-state index in [1.807, 2.05) is 35.0 Å². The van der Waals surface area contributed by atoms with Crippen LogP contribution in [-0.4, -0.2) is 40.4 Å². The SMILES string of the molecule is CC(C)COCC(O)CNCc1cn2ccccc2n1. The summed E-state index contributed by atoms with van der Waals surface area (Å²) in [6, 6.07) is 5.91. The molecule has 0 spiro atoms. The number of ether oxygens (including phenoxy) is 1. The second kappa shape index (κ2) is 7.38. The van der Waals surface area contributed by atoms with Crippen LogP contribution in [0.15, 0.2) is 30.6 Å². The summed E-state index contributed by atoms with van der Waals surface area (Å²) < 4.78 is 7.38. The van der Waals surface area contributed by atoms with Gasteiger partial charge in [0.1, 0.15) is 5.65 Å². The lowest BCUT2D eigenvalue weighted by atomic mass is 10.2. The van der Waals surface area contributed by atoms with Crippen LogP contribution in [0.2, 0.25) is 0 Å². The van der Waals surface area contributed by atoms with Gasteiger partial charge in [-0.05, 0) is 18.1 Å². The van der Waals surface area contributed by atoms with Crippen molar-refractivity contribution in [2.24, 2.45) is 5.92 Å². The largest absolute Gasteiger partial charge is 0.389 e. The van der Waals surface area contributed by atoms with Crippen molar-refractivity contribution in [1.82, 2.24) is 14.7 Å². The average Bonchev–Trinajstić information content (AvgIpc) is 2.80. The Labute approximate surface area is 119 Å². The number of aromatic nitrogens is 2. The number of fused-ring (bicyclic) bond motifs is 1. The fraction of sp³-hybridized carbons (Fsp3) is 0.533. The monoisotopic (exact) mass is 277 g/mol. The van der Waals surface area contributed by atoms with Gasteiger partial charge < -0.3 is 19.6 Å². The molecule has 0 aliphatic rings. The van der Waals surface area contributed by atoms with Gasteiger partial charge in [0.2, 0.25) is 0 Å². The first kappa shape index (κ1) is 15.0. The van der Waals surface area contributed by atoms with E-state index in [9.17, 15) is 5.11 Å². The Bertz CT molecular complexity index is 492. The van der Waals surface area contributed by atoms with Crippen LogP contribution in [0.3, 0.4) is 0 Å². The van der Waals surface area contributed by atoms with Crippen molar-refractivity contribution in [1.29, 1.82) is 0 Å². The van der Waals surface area contributed by atoms with Crippen LogP contribution < -0.4 is 5.32 Å². The van der Waals surface area contributed by atoms with Crippen molar-refractivity contribution in [2.45, 2.75) is 26.5 Å². The number of pyridine rings is 1. The van der Waals surface area contributed by atoms with E-state index < -0.39 is 6.10 Å². The Morgan fingerprint density at radius 2 is 2.20 bits per heavy atom. The normalized spacial score (nSPS) is 13.2. The number of imidazole rings is 1. The highest BCUT2D eigenvalue weighted by Gasteiger charge is 2.06. The van der Waals surface area contributed by atoms with Gasteiger partial charge in [-0.1, -0.05) is 19.9 Å². The number of hydrogen-bond donors (Lipinski definition) is 2. The molecule has 0 aliphatic carbocycles. The Balaban J connectivity index is 1.70. The first-order chi connectivity index (χ1) is 9.65. The maximum atomic E-state index is 9.77. The molecule has 0 bridgehead atoms. The molecule has 20 heavy (non-hydrogen) atoms. The zero-order chi connectivity index (χ0) is 14.4. The fourth-order valence-corrected chi connectivity index (χ4v) is 1.94. The van der Waals surface area contributed by atoms with E-state index in [-0.39, 0.29) is 0 Å². The summed E-state index contributed by atoms with van der Waals surface area (Å²) in [5.41, 5.74) is 1.90. The molecule has 5 heteroatoms. The van der Waals surface area contributed by atoms with Crippen LogP contribution in [0, 0.1) is 5.92 Å². The van der Waals surface area contributed by atoms with Gasteiger partial charge in [0.15, 0.2) is 0 Å². The molecule has 2 N–H and O–H groups in total. The lowest BCUT2D eigenvalue weighted by molar-refractivity contribution is 0.0260.